The van der Waals surface area contributed by atoms with Gasteiger partial charge in [0.05, 0.1) is 0 Å². The molecule has 2 heterocycles. The SMILES string of the molecule is CCCNc1ncnc(N2CCC(C)CC2C)c1C(C)C. The maximum Gasteiger partial charge on any atom is 0.137 e. The van der Waals surface area contributed by atoms with Gasteiger partial charge in [0, 0.05) is 24.7 Å². The van der Waals surface area contributed by atoms with Crippen LogP contribution in [0, 0.1) is 5.92 Å². The normalized spacial score (nSPS) is 22.7. The van der Waals surface area contributed by atoms with Crippen LogP contribution in [0.25, 0.3) is 0 Å². The molecule has 0 bridgehead atoms. The monoisotopic (exact) mass is 290 g/mol. The molecule has 0 saturated carbocycles. The Bertz CT molecular complexity index is 458. The molecule has 2 unspecified atom stereocenters. The lowest BCUT2D eigenvalue weighted by Crippen LogP contribution is -2.41. The molecule has 1 aromatic heterocycles. The van der Waals surface area contributed by atoms with E-state index in [1.54, 1.807) is 6.33 Å². The van der Waals surface area contributed by atoms with Crippen molar-refractivity contribution >= 4 is 11.6 Å². The molecule has 2 atom stereocenters. The van der Waals surface area contributed by atoms with Gasteiger partial charge in [-0.3, -0.25) is 0 Å². The molecule has 4 heteroatoms. The molecular weight excluding hydrogens is 260 g/mol. The highest BCUT2D eigenvalue weighted by Gasteiger charge is 2.27. The third-order valence-electron chi connectivity index (χ3n) is 4.39. The topological polar surface area (TPSA) is 41.1 Å². The van der Waals surface area contributed by atoms with Crippen LogP contribution in [0.2, 0.25) is 0 Å². The Morgan fingerprint density at radius 3 is 2.71 bits per heavy atom. The average molecular weight is 290 g/mol. The van der Waals surface area contributed by atoms with Crippen LogP contribution in [-0.2, 0) is 0 Å². The lowest BCUT2D eigenvalue weighted by atomic mass is 9.92. The van der Waals surface area contributed by atoms with E-state index in [1.807, 2.05) is 0 Å². The van der Waals surface area contributed by atoms with Crippen molar-refractivity contribution < 1.29 is 0 Å². The molecular formula is C17H30N4. The third kappa shape index (κ3) is 3.66. The fourth-order valence-electron chi connectivity index (χ4n) is 3.25. The van der Waals surface area contributed by atoms with Gasteiger partial charge >= 0.3 is 0 Å². The highest BCUT2D eigenvalue weighted by molar-refractivity contribution is 5.61. The van der Waals surface area contributed by atoms with Crippen molar-refractivity contribution in [2.45, 2.75) is 65.8 Å². The van der Waals surface area contributed by atoms with Gasteiger partial charge in [-0.1, -0.05) is 27.7 Å². The Kier molecular flexibility index (Phi) is 5.43. The number of anilines is 2. The third-order valence-corrected chi connectivity index (χ3v) is 4.39. The first kappa shape index (κ1) is 16.1. The summed E-state index contributed by atoms with van der Waals surface area (Å²) in [6.45, 7) is 13.4. The zero-order valence-corrected chi connectivity index (χ0v) is 14.2. The standard InChI is InChI=1S/C17H30N4/c1-6-8-18-16-15(12(2)3)17(20-11-19-16)21-9-7-13(4)10-14(21)5/h11-14H,6-10H2,1-5H3,(H,18,19,20). The van der Waals surface area contributed by atoms with Crippen molar-refractivity contribution in [2.24, 2.45) is 5.92 Å². The van der Waals surface area contributed by atoms with E-state index in [9.17, 15) is 0 Å². The van der Waals surface area contributed by atoms with Gasteiger partial charge in [-0.25, -0.2) is 9.97 Å². The van der Waals surface area contributed by atoms with Gasteiger partial charge in [0.25, 0.3) is 0 Å². The fraction of sp³-hybridized carbons (Fsp3) is 0.765. The fourth-order valence-corrected chi connectivity index (χ4v) is 3.25. The van der Waals surface area contributed by atoms with Gasteiger partial charge in [0.1, 0.15) is 18.0 Å². The van der Waals surface area contributed by atoms with Crippen molar-refractivity contribution in [3.63, 3.8) is 0 Å². The second-order valence-electron chi connectivity index (χ2n) is 6.71. The van der Waals surface area contributed by atoms with Crippen LogP contribution in [0.1, 0.15) is 65.4 Å². The Morgan fingerprint density at radius 2 is 2.10 bits per heavy atom. The lowest BCUT2D eigenvalue weighted by molar-refractivity contribution is 0.375. The maximum absolute atomic E-state index is 4.64. The molecule has 1 N–H and O–H groups in total. The van der Waals surface area contributed by atoms with Gasteiger partial charge in [-0.15, -0.1) is 0 Å². The second kappa shape index (κ2) is 7.10. The van der Waals surface area contributed by atoms with Crippen LogP contribution >= 0.6 is 0 Å². The van der Waals surface area contributed by atoms with E-state index in [2.05, 4.69) is 54.8 Å². The van der Waals surface area contributed by atoms with Crippen molar-refractivity contribution in [1.29, 1.82) is 0 Å². The number of piperidine rings is 1. The Hall–Kier alpha value is -1.32. The summed E-state index contributed by atoms with van der Waals surface area (Å²) in [5, 5.41) is 3.47. The van der Waals surface area contributed by atoms with Gasteiger partial charge in [-0.05, 0) is 38.0 Å². The highest BCUT2D eigenvalue weighted by atomic mass is 15.2. The van der Waals surface area contributed by atoms with Crippen LogP contribution in [0.4, 0.5) is 11.6 Å². The molecule has 1 saturated heterocycles. The predicted octanol–water partition coefficient (Wildman–Crippen LogP) is 4.05. The summed E-state index contributed by atoms with van der Waals surface area (Å²) in [5.74, 6) is 3.39. The van der Waals surface area contributed by atoms with Crippen molar-refractivity contribution in [1.82, 2.24) is 9.97 Å². The zero-order chi connectivity index (χ0) is 15.4. The van der Waals surface area contributed by atoms with Crippen LogP contribution in [0.15, 0.2) is 6.33 Å². The van der Waals surface area contributed by atoms with Crippen LogP contribution < -0.4 is 10.2 Å². The number of hydrogen-bond donors (Lipinski definition) is 1. The minimum absolute atomic E-state index is 0.423. The van der Waals surface area contributed by atoms with Crippen molar-refractivity contribution in [3.05, 3.63) is 11.9 Å². The molecule has 0 radical (unpaired) electrons. The van der Waals surface area contributed by atoms with E-state index in [0.717, 1.165) is 37.1 Å². The quantitative estimate of drug-likeness (QED) is 0.888. The van der Waals surface area contributed by atoms with Gasteiger partial charge in [0.15, 0.2) is 0 Å². The van der Waals surface area contributed by atoms with E-state index in [-0.39, 0.29) is 0 Å². The van der Waals surface area contributed by atoms with Gasteiger partial charge in [-0.2, -0.15) is 0 Å². The number of aromatic nitrogens is 2. The largest absolute Gasteiger partial charge is 0.370 e. The van der Waals surface area contributed by atoms with Gasteiger partial charge < -0.3 is 10.2 Å². The molecule has 4 nitrogen and oxygen atoms in total. The molecule has 1 aliphatic rings. The first-order valence-electron chi connectivity index (χ1n) is 8.40. The van der Waals surface area contributed by atoms with Gasteiger partial charge in [0.2, 0.25) is 0 Å². The average Bonchev–Trinajstić information content (AvgIpc) is 2.44. The summed E-state index contributed by atoms with van der Waals surface area (Å²) in [6, 6.07) is 0.556. The molecule has 1 aromatic rings. The summed E-state index contributed by atoms with van der Waals surface area (Å²) < 4.78 is 0. The maximum atomic E-state index is 4.64. The summed E-state index contributed by atoms with van der Waals surface area (Å²) in [5.41, 5.74) is 1.27. The van der Waals surface area contributed by atoms with E-state index in [0.29, 0.717) is 12.0 Å². The van der Waals surface area contributed by atoms with E-state index in [4.69, 9.17) is 0 Å². The molecule has 0 spiro atoms. The molecule has 2 rings (SSSR count). The van der Waals surface area contributed by atoms with Crippen LogP contribution in [-0.4, -0.2) is 29.1 Å². The van der Waals surface area contributed by atoms with E-state index >= 15 is 0 Å². The first-order valence-corrected chi connectivity index (χ1v) is 8.40. The summed E-state index contributed by atoms with van der Waals surface area (Å²) in [7, 11) is 0. The zero-order valence-electron chi connectivity index (χ0n) is 14.2. The van der Waals surface area contributed by atoms with Crippen LogP contribution in [0.5, 0.6) is 0 Å². The minimum atomic E-state index is 0.423. The molecule has 21 heavy (non-hydrogen) atoms. The number of nitrogens with zero attached hydrogens (tertiary/aromatic N) is 3. The van der Waals surface area contributed by atoms with Crippen molar-refractivity contribution in [2.75, 3.05) is 23.3 Å². The first-order chi connectivity index (χ1) is 10.0. The minimum Gasteiger partial charge on any atom is -0.370 e. The Balaban J connectivity index is 2.33. The number of hydrogen-bond acceptors (Lipinski definition) is 4. The molecule has 0 aliphatic carbocycles. The smallest absolute Gasteiger partial charge is 0.137 e. The second-order valence-corrected chi connectivity index (χ2v) is 6.71. The molecule has 0 aromatic carbocycles. The lowest BCUT2D eigenvalue weighted by Gasteiger charge is -2.39. The molecule has 118 valence electrons. The summed E-state index contributed by atoms with van der Waals surface area (Å²) in [4.78, 5) is 11.6. The van der Waals surface area contributed by atoms with E-state index < -0.39 is 0 Å². The molecule has 0 amide bonds. The Morgan fingerprint density at radius 1 is 1.33 bits per heavy atom. The van der Waals surface area contributed by atoms with Crippen LogP contribution in [0.3, 0.4) is 0 Å². The van der Waals surface area contributed by atoms with E-state index in [1.165, 1.54) is 18.4 Å². The summed E-state index contributed by atoms with van der Waals surface area (Å²) >= 11 is 0. The van der Waals surface area contributed by atoms with Crippen molar-refractivity contribution in [3.8, 4) is 0 Å². The number of rotatable bonds is 5. The molecule has 1 fully saturated rings. The highest BCUT2D eigenvalue weighted by Crippen LogP contribution is 2.35. The summed E-state index contributed by atoms with van der Waals surface area (Å²) in [6.07, 6.45) is 5.32. The Labute approximate surface area is 129 Å². The molecule has 1 aliphatic heterocycles. The number of nitrogens with one attached hydrogen (secondary N) is 1. The predicted molar refractivity (Wildman–Crippen MR) is 90.1 cm³/mol.